The fraction of sp³-hybridized carbons (Fsp3) is 0.417. The van der Waals surface area contributed by atoms with Gasteiger partial charge in [-0.15, -0.1) is 11.6 Å². The molecule has 0 fully saturated rings. The van der Waals surface area contributed by atoms with E-state index >= 15 is 0 Å². The van der Waals surface area contributed by atoms with Crippen molar-refractivity contribution in [1.82, 2.24) is 0 Å². The van der Waals surface area contributed by atoms with Gasteiger partial charge in [0.05, 0.1) is 5.69 Å². The molecule has 0 aliphatic carbocycles. The lowest BCUT2D eigenvalue weighted by Crippen LogP contribution is -2.41. The van der Waals surface area contributed by atoms with Crippen LogP contribution < -0.4 is 9.64 Å². The molecule has 1 aliphatic heterocycles. The zero-order chi connectivity index (χ0) is 12.4. The predicted octanol–water partition coefficient (Wildman–Crippen LogP) is 2.43. The van der Waals surface area contributed by atoms with Crippen molar-refractivity contribution in [2.24, 2.45) is 5.92 Å². The summed E-state index contributed by atoms with van der Waals surface area (Å²) in [4.78, 5) is 13.3. The lowest BCUT2D eigenvalue weighted by Gasteiger charge is -2.30. The Morgan fingerprint density at radius 3 is 3.06 bits per heavy atom. The van der Waals surface area contributed by atoms with Crippen LogP contribution in [0.25, 0.3) is 0 Å². The summed E-state index contributed by atoms with van der Waals surface area (Å²) in [5.74, 6) is 0.586. The van der Waals surface area contributed by atoms with Crippen molar-refractivity contribution in [3.63, 3.8) is 0 Å². The Bertz CT molecular complexity index is 439. The molecular formula is C12H13ClFNO2. The van der Waals surface area contributed by atoms with Gasteiger partial charge in [-0.3, -0.25) is 4.79 Å². The van der Waals surface area contributed by atoms with Crippen LogP contribution in [0.15, 0.2) is 18.2 Å². The Balaban J connectivity index is 2.32. The molecule has 92 valence electrons. The summed E-state index contributed by atoms with van der Waals surface area (Å²) in [6, 6.07) is 4.17. The molecule has 0 N–H and O–H groups in total. The maximum absolute atomic E-state index is 13.2. The molecule has 1 unspecified atom stereocenters. The first-order valence-electron chi connectivity index (χ1n) is 5.40. The Labute approximate surface area is 104 Å². The zero-order valence-corrected chi connectivity index (χ0v) is 10.2. The first kappa shape index (κ1) is 12.2. The van der Waals surface area contributed by atoms with Gasteiger partial charge in [-0.2, -0.15) is 0 Å². The van der Waals surface area contributed by atoms with E-state index in [1.54, 1.807) is 0 Å². The molecule has 5 heteroatoms. The number of hydrogen-bond donors (Lipinski definition) is 0. The number of hydrogen-bond acceptors (Lipinski definition) is 2. The van der Waals surface area contributed by atoms with Gasteiger partial charge >= 0.3 is 0 Å². The van der Waals surface area contributed by atoms with E-state index in [0.717, 1.165) is 0 Å². The number of halogens is 2. The number of benzene rings is 1. The third kappa shape index (κ3) is 2.52. The van der Waals surface area contributed by atoms with E-state index in [1.165, 1.54) is 23.1 Å². The monoisotopic (exact) mass is 257 g/mol. The molecule has 0 saturated carbocycles. The third-order valence-corrected chi connectivity index (χ3v) is 3.15. The van der Waals surface area contributed by atoms with E-state index in [4.69, 9.17) is 16.3 Å². The highest BCUT2D eigenvalue weighted by atomic mass is 35.5. The average molecular weight is 258 g/mol. The molecule has 0 spiro atoms. The minimum Gasteiger partial charge on any atom is -0.482 e. The molecule has 1 heterocycles. The summed E-state index contributed by atoms with van der Waals surface area (Å²) in [5, 5.41) is 0. The van der Waals surface area contributed by atoms with Crippen molar-refractivity contribution in [3.05, 3.63) is 24.0 Å². The van der Waals surface area contributed by atoms with Gasteiger partial charge in [-0.25, -0.2) is 4.39 Å². The highest BCUT2D eigenvalue weighted by Gasteiger charge is 2.26. The van der Waals surface area contributed by atoms with E-state index < -0.39 is 0 Å². The Morgan fingerprint density at radius 1 is 1.59 bits per heavy atom. The normalized spacial score (nSPS) is 16.4. The molecule has 3 nitrogen and oxygen atoms in total. The van der Waals surface area contributed by atoms with Gasteiger partial charge in [0, 0.05) is 18.5 Å². The second-order valence-electron chi connectivity index (χ2n) is 4.16. The summed E-state index contributed by atoms with van der Waals surface area (Å²) in [5.41, 5.74) is 0.484. The first-order valence-corrected chi connectivity index (χ1v) is 5.94. The molecule has 1 atom stereocenters. The van der Waals surface area contributed by atoms with E-state index in [-0.39, 0.29) is 24.2 Å². The second-order valence-corrected chi connectivity index (χ2v) is 4.47. The van der Waals surface area contributed by atoms with Crippen molar-refractivity contribution in [2.75, 3.05) is 23.9 Å². The number of fused-ring (bicyclic) bond motifs is 1. The molecular weight excluding hydrogens is 245 g/mol. The van der Waals surface area contributed by atoms with E-state index in [9.17, 15) is 9.18 Å². The molecule has 0 bridgehead atoms. The van der Waals surface area contributed by atoms with Gasteiger partial charge in [-0.05, 0) is 18.1 Å². The molecule has 0 aromatic heterocycles. The van der Waals surface area contributed by atoms with Gasteiger partial charge in [0.1, 0.15) is 11.6 Å². The molecule has 1 aromatic rings. The molecule has 17 heavy (non-hydrogen) atoms. The fourth-order valence-electron chi connectivity index (χ4n) is 1.74. The van der Waals surface area contributed by atoms with E-state index in [1.807, 2.05) is 6.92 Å². The van der Waals surface area contributed by atoms with Crippen LogP contribution in [-0.4, -0.2) is 24.9 Å². The van der Waals surface area contributed by atoms with Crippen molar-refractivity contribution in [1.29, 1.82) is 0 Å². The van der Waals surface area contributed by atoms with Crippen LogP contribution in [0.1, 0.15) is 6.92 Å². The van der Waals surface area contributed by atoms with Crippen LogP contribution in [0.2, 0.25) is 0 Å². The van der Waals surface area contributed by atoms with Gasteiger partial charge < -0.3 is 9.64 Å². The minimum absolute atomic E-state index is 0.00631. The SMILES string of the molecule is CC(CCl)CN1C(=O)COc2ccc(F)cc21. The van der Waals surface area contributed by atoms with Crippen molar-refractivity contribution in [2.45, 2.75) is 6.92 Å². The smallest absolute Gasteiger partial charge is 0.265 e. The highest BCUT2D eigenvalue weighted by molar-refractivity contribution is 6.18. The van der Waals surface area contributed by atoms with Crippen LogP contribution in [-0.2, 0) is 4.79 Å². The van der Waals surface area contributed by atoms with Crippen molar-refractivity contribution in [3.8, 4) is 5.75 Å². The van der Waals surface area contributed by atoms with Crippen LogP contribution in [0, 0.1) is 11.7 Å². The molecule has 1 aliphatic rings. The van der Waals surface area contributed by atoms with Crippen LogP contribution >= 0.6 is 11.6 Å². The summed E-state index contributed by atoms with van der Waals surface area (Å²) in [6.45, 7) is 2.41. The Morgan fingerprint density at radius 2 is 2.35 bits per heavy atom. The molecule has 1 aromatic carbocycles. The summed E-state index contributed by atoms with van der Waals surface area (Å²) in [6.07, 6.45) is 0. The number of rotatable bonds is 3. The van der Waals surface area contributed by atoms with E-state index in [0.29, 0.717) is 23.9 Å². The largest absolute Gasteiger partial charge is 0.482 e. The first-order chi connectivity index (χ1) is 8.11. The summed E-state index contributed by atoms with van der Waals surface area (Å²) < 4.78 is 18.4. The molecule has 0 radical (unpaired) electrons. The molecule has 1 amide bonds. The standard InChI is InChI=1S/C12H13ClFNO2/c1-8(5-13)6-15-10-4-9(14)2-3-11(10)17-7-12(15)16/h2-4,8H,5-7H2,1H3. The number of nitrogens with zero attached hydrogens (tertiary/aromatic N) is 1. The quantitative estimate of drug-likeness (QED) is 0.779. The number of carbonyl (C=O) groups excluding carboxylic acids is 1. The fourth-order valence-corrected chi connectivity index (χ4v) is 1.83. The lowest BCUT2D eigenvalue weighted by molar-refractivity contribution is -0.121. The maximum atomic E-state index is 13.2. The minimum atomic E-state index is -0.384. The lowest BCUT2D eigenvalue weighted by atomic mass is 10.1. The van der Waals surface area contributed by atoms with Gasteiger partial charge in [0.2, 0.25) is 0 Å². The number of carbonyl (C=O) groups is 1. The van der Waals surface area contributed by atoms with Crippen molar-refractivity contribution < 1.29 is 13.9 Å². The average Bonchev–Trinajstić information content (AvgIpc) is 2.32. The number of amides is 1. The zero-order valence-electron chi connectivity index (χ0n) is 9.45. The van der Waals surface area contributed by atoms with Crippen LogP contribution in [0.4, 0.5) is 10.1 Å². The Kier molecular flexibility index (Phi) is 3.52. The van der Waals surface area contributed by atoms with Gasteiger partial charge in [0.15, 0.2) is 6.61 Å². The number of ether oxygens (including phenoxy) is 1. The summed E-state index contributed by atoms with van der Waals surface area (Å²) >= 11 is 5.73. The summed E-state index contributed by atoms with van der Waals surface area (Å²) in [7, 11) is 0. The van der Waals surface area contributed by atoms with Crippen LogP contribution in [0.3, 0.4) is 0 Å². The van der Waals surface area contributed by atoms with E-state index in [2.05, 4.69) is 0 Å². The highest BCUT2D eigenvalue weighted by Crippen LogP contribution is 2.33. The topological polar surface area (TPSA) is 29.5 Å². The predicted molar refractivity (Wildman–Crippen MR) is 64.1 cm³/mol. The number of anilines is 1. The Hall–Kier alpha value is -1.29. The molecule has 0 saturated heterocycles. The van der Waals surface area contributed by atoms with Gasteiger partial charge in [0.25, 0.3) is 5.91 Å². The molecule has 2 rings (SSSR count). The van der Waals surface area contributed by atoms with Crippen molar-refractivity contribution >= 4 is 23.2 Å². The second kappa shape index (κ2) is 4.92. The number of alkyl halides is 1. The van der Waals surface area contributed by atoms with Crippen LogP contribution in [0.5, 0.6) is 5.75 Å². The maximum Gasteiger partial charge on any atom is 0.265 e. The third-order valence-electron chi connectivity index (χ3n) is 2.62. The van der Waals surface area contributed by atoms with Gasteiger partial charge in [-0.1, -0.05) is 6.92 Å².